The lowest BCUT2D eigenvalue weighted by molar-refractivity contribution is 0.171. The molecule has 0 heterocycles. The fraction of sp³-hybridized carbons (Fsp3) is 0.625. The Morgan fingerprint density at radius 2 is 1.80 bits per heavy atom. The van der Waals surface area contributed by atoms with Crippen LogP contribution in [0.25, 0.3) is 0 Å². The number of rotatable bonds is 7. The van der Waals surface area contributed by atoms with E-state index in [9.17, 15) is 0 Å². The lowest BCUT2D eigenvalue weighted by atomic mass is 9.86. The maximum atomic E-state index is 5.93. The predicted octanol–water partition coefficient (Wildman–Crippen LogP) is 2.77. The third-order valence-corrected chi connectivity index (χ3v) is 3.77. The summed E-state index contributed by atoms with van der Waals surface area (Å²) < 4.78 is 16.8. The zero-order valence-corrected chi connectivity index (χ0v) is 12.6. The normalized spacial score (nSPS) is 16.4. The van der Waals surface area contributed by atoms with Crippen molar-refractivity contribution in [3.8, 4) is 17.2 Å². The first kappa shape index (κ1) is 15.0. The molecule has 0 amide bonds. The standard InChI is InChI=1S/C16H25NO3/c1-11(17)7-13-8-14(18-2)16(15(9-13)19-3)20-10-12-5-4-6-12/h8-9,11-12H,4-7,10,17H2,1-3H3. The Morgan fingerprint density at radius 3 is 2.20 bits per heavy atom. The molecule has 0 saturated heterocycles. The second-order valence-electron chi connectivity index (χ2n) is 5.62. The SMILES string of the molecule is COc1cc(CC(C)N)cc(OC)c1OCC1CCC1. The molecule has 1 unspecified atom stereocenters. The summed E-state index contributed by atoms with van der Waals surface area (Å²) in [5, 5.41) is 0. The molecular formula is C16H25NO3. The second kappa shape index (κ2) is 6.84. The topological polar surface area (TPSA) is 53.7 Å². The Labute approximate surface area is 121 Å². The van der Waals surface area contributed by atoms with E-state index >= 15 is 0 Å². The summed E-state index contributed by atoms with van der Waals surface area (Å²) in [6.45, 7) is 2.72. The first-order valence-electron chi connectivity index (χ1n) is 7.27. The smallest absolute Gasteiger partial charge is 0.203 e. The van der Waals surface area contributed by atoms with Crippen molar-refractivity contribution in [3.63, 3.8) is 0 Å². The maximum absolute atomic E-state index is 5.93. The van der Waals surface area contributed by atoms with E-state index in [1.165, 1.54) is 19.3 Å². The second-order valence-corrected chi connectivity index (χ2v) is 5.62. The highest BCUT2D eigenvalue weighted by Gasteiger charge is 2.21. The van der Waals surface area contributed by atoms with Gasteiger partial charge in [-0.2, -0.15) is 0 Å². The molecule has 2 N–H and O–H groups in total. The van der Waals surface area contributed by atoms with Crippen LogP contribution in [0.1, 0.15) is 31.7 Å². The van der Waals surface area contributed by atoms with Crippen LogP contribution in [0.3, 0.4) is 0 Å². The van der Waals surface area contributed by atoms with Crippen LogP contribution in [0.5, 0.6) is 17.2 Å². The van der Waals surface area contributed by atoms with E-state index in [2.05, 4.69) is 0 Å². The first-order chi connectivity index (χ1) is 9.63. The first-order valence-corrected chi connectivity index (χ1v) is 7.27. The van der Waals surface area contributed by atoms with Crippen molar-refractivity contribution in [2.75, 3.05) is 20.8 Å². The number of hydrogen-bond donors (Lipinski definition) is 1. The van der Waals surface area contributed by atoms with E-state index < -0.39 is 0 Å². The molecule has 1 aromatic rings. The van der Waals surface area contributed by atoms with Gasteiger partial charge in [-0.25, -0.2) is 0 Å². The lowest BCUT2D eigenvalue weighted by Gasteiger charge is -2.26. The molecule has 4 heteroatoms. The molecule has 0 aliphatic heterocycles. The summed E-state index contributed by atoms with van der Waals surface area (Å²) in [6.07, 6.45) is 4.62. The van der Waals surface area contributed by atoms with Crippen molar-refractivity contribution in [1.29, 1.82) is 0 Å². The van der Waals surface area contributed by atoms with Crippen LogP contribution in [-0.4, -0.2) is 26.9 Å². The molecule has 1 aromatic carbocycles. The molecule has 1 saturated carbocycles. The van der Waals surface area contributed by atoms with Crippen LogP contribution in [0.4, 0.5) is 0 Å². The molecule has 0 bridgehead atoms. The summed E-state index contributed by atoms with van der Waals surface area (Å²) in [7, 11) is 3.31. The van der Waals surface area contributed by atoms with E-state index in [1.807, 2.05) is 19.1 Å². The van der Waals surface area contributed by atoms with E-state index in [-0.39, 0.29) is 6.04 Å². The van der Waals surface area contributed by atoms with Crippen molar-refractivity contribution >= 4 is 0 Å². The molecule has 1 atom stereocenters. The third kappa shape index (κ3) is 3.57. The molecule has 2 rings (SSSR count). The van der Waals surface area contributed by atoms with Gasteiger partial charge in [0, 0.05) is 6.04 Å². The fourth-order valence-corrected chi connectivity index (χ4v) is 2.43. The van der Waals surface area contributed by atoms with Gasteiger partial charge in [-0.3, -0.25) is 0 Å². The van der Waals surface area contributed by atoms with E-state index in [4.69, 9.17) is 19.9 Å². The van der Waals surface area contributed by atoms with Gasteiger partial charge in [0.1, 0.15) is 0 Å². The summed E-state index contributed by atoms with van der Waals surface area (Å²) in [5.41, 5.74) is 6.96. The number of benzene rings is 1. The largest absolute Gasteiger partial charge is 0.493 e. The quantitative estimate of drug-likeness (QED) is 0.834. The van der Waals surface area contributed by atoms with Crippen molar-refractivity contribution in [2.24, 2.45) is 11.7 Å². The van der Waals surface area contributed by atoms with Gasteiger partial charge in [-0.15, -0.1) is 0 Å². The molecule has 112 valence electrons. The van der Waals surface area contributed by atoms with Gasteiger partial charge in [0.2, 0.25) is 5.75 Å². The van der Waals surface area contributed by atoms with Gasteiger partial charge in [-0.1, -0.05) is 6.42 Å². The number of nitrogens with two attached hydrogens (primary N) is 1. The van der Waals surface area contributed by atoms with Crippen LogP contribution in [-0.2, 0) is 6.42 Å². The molecule has 20 heavy (non-hydrogen) atoms. The summed E-state index contributed by atoms with van der Waals surface area (Å²) >= 11 is 0. The Bertz CT molecular complexity index is 416. The van der Waals surface area contributed by atoms with Crippen molar-refractivity contribution in [2.45, 2.75) is 38.6 Å². The highest BCUT2D eigenvalue weighted by molar-refractivity contribution is 5.54. The Hall–Kier alpha value is -1.42. The van der Waals surface area contributed by atoms with Gasteiger partial charge in [-0.05, 0) is 49.8 Å². The monoisotopic (exact) mass is 279 g/mol. The van der Waals surface area contributed by atoms with Gasteiger partial charge < -0.3 is 19.9 Å². The van der Waals surface area contributed by atoms with Gasteiger partial charge in [0.05, 0.1) is 20.8 Å². The molecule has 1 aliphatic carbocycles. The number of methoxy groups -OCH3 is 2. The molecule has 0 radical (unpaired) electrons. The number of ether oxygens (including phenoxy) is 3. The molecular weight excluding hydrogens is 254 g/mol. The van der Waals surface area contributed by atoms with Crippen molar-refractivity contribution < 1.29 is 14.2 Å². The molecule has 0 spiro atoms. The minimum Gasteiger partial charge on any atom is -0.493 e. The van der Waals surface area contributed by atoms with Crippen LogP contribution in [0, 0.1) is 5.92 Å². The Balaban J connectivity index is 2.18. The van der Waals surface area contributed by atoms with E-state index in [1.54, 1.807) is 14.2 Å². The zero-order valence-electron chi connectivity index (χ0n) is 12.6. The predicted molar refractivity (Wildman–Crippen MR) is 79.7 cm³/mol. The molecule has 1 fully saturated rings. The zero-order chi connectivity index (χ0) is 14.5. The van der Waals surface area contributed by atoms with Crippen LogP contribution >= 0.6 is 0 Å². The molecule has 4 nitrogen and oxygen atoms in total. The van der Waals surface area contributed by atoms with Gasteiger partial charge >= 0.3 is 0 Å². The van der Waals surface area contributed by atoms with Crippen LogP contribution < -0.4 is 19.9 Å². The van der Waals surface area contributed by atoms with E-state index in [0.717, 1.165) is 30.1 Å². The highest BCUT2D eigenvalue weighted by Crippen LogP contribution is 2.40. The van der Waals surface area contributed by atoms with Crippen LogP contribution in [0.15, 0.2) is 12.1 Å². The lowest BCUT2D eigenvalue weighted by Crippen LogP contribution is -2.20. The minimum absolute atomic E-state index is 0.103. The summed E-state index contributed by atoms with van der Waals surface area (Å²) in [4.78, 5) is 0. The Morgan fingerprint density at radius 1 is 1.20 bits per heavy atom. The number of hydrogen-bond acceptors (Lipinski definition) is 4. The fourth-order valence-electron chi connectivity index (χ4n) is 2.43. The average Bonchev–Trinajstić information content (AvgIpc) is 2.36. The average molecular weight is 279 g/mol. The van der Waals surface area contributed by atoms with Crippen LogP contribution in [0.2, 0.25) is 0 Å². The highest BCUT2D eigenvalue weighted by atomic mass is 16.5. The Kier molecular flexibility index (Phi) is 5.12. The minimum atomic E-state index is 0.103. The third-order valence-electron chi connectivity index (χ3n) is 3.77. The van der Waals surface area contributed by atoms with E-state index in [0.29, 0.717) is 11.7 Å². The molecule has 1 aliphatic rings. The van der Waals surface area contributed by atoms with Crippen molar-refractivity contribution in [3.05, 3.63) is 17.7 Å². The maximum Gasteiger partial charge on any atom is 0.203 e. The van der Waals surface area contributed by atoms with Gasteiger partial charge in [0.15, 0.2) is 11.5 Å². The van der Waals surface area contributed by atoms with Crippen molar-refractivity contribution in [1.82, 2.24) is 0 Å². The summed E-state index contributed by atoms with van der Waals surface area (Å²) in [6, 6.07) is 4.08. The summed E-state index contributed by atoms with van der Waals surface area (Å²) in [5.74, 6) is 2.82. The van der Waals surface area contributed by atoms with Gasteiger partial charge in [0.25, 0.3) is 0 Å². The molecule has 0 aromatic heterocycles.